The fraction of sp³-hybridized carbons (Fsp3) is 0.500. The van der Waals surface area contributed by atoms with Crippen molar-refractivity contribution in [3.63, 3.8) is 0 Å². The second-order valence-corrected chi connectivity index (χ2v) is 8.00. The molecular weight excluding hydrogens is 336 g/mol. The third kappa shape index (κ3) is 3.52. The van der Waals surface area contributed by atoms with Gasteiger partial charge in [0.15, 0.2) is 0 Å². The number of ether oxygens (including phenoxy) is 1. The molecule has 2 atom stereocenters. The molecule has 0 radical (unpaired) electrons. The van der Waals surface area contributed by atoms with Crippen molar-refractivity contribution in [2.45, 2.75) is 37.8 Å². The third-order valence-electron chi connectivity index (χ3n) is 4.97. The van der Waals surface area contributed by atoms with Gasteiger partial charge in [-0.15, -0.1) is 10.2 Å². The zero-order chi connectivity index (χ0) is 17.3. The summed E-state index contributed by atoms with van der Waals surface area (Å²) in [6, 6.07) is 9.54. The Morgan fingerprint density at radius 3 is 2.96 bits per heavy atom. The number of carbonyl (C=O) groups is 1. The lowest BCUT2D eigenvalue weighted by Crippen LogP contribution is -2.50. The van der Waals surface area contributed by atoms with Gasteiger partial charge in [0.1, 0.15) is 5.01 Å². The Labute approximate surface area is 151 Å². The second-order valence-electron chi connectivity index (χ2n) is 6.84. The van der Waals surface area contributed by atoms with Gasteiger partial charge in [0.05, 0.1) is 5.60 Å². The predicted octanol–water partition coefficient (Wildman–Crippen LogP) is 2.40. The van der Waals surface area contributed by atoms with E-state index in [4.69, 9.17) is 4.74 Å². The fourth-order valence-electron chi connectivity index (χ4n) is 3.72. The molecule has 1 aromatic heterocycles. The first-order valence-corrected chi connectivity index (χ1v) is 9.50. The number of carbonyl (C=O) groups excluding carboxylic acids is 1. The normalized spacial score (nSPS) is 26.1. The number of hydrogen-bond donors (Lipinski definition) is 1. The maximum Gasteiger partial charge on any atom is 0.251 e. The van der Waals surface area contributed by atoms with Crippen LogP contribution in [0, 0.1) is 6.92 Å². The topological polar surface area (TPSA) is 67.4 Å². The number of nitrogens with zero attached hydrogens (tertiary/aromatic N) is 3. The van der Waals surface area contributed by atoms with Crippen molar-refractivity contribution in [1.29, 1.82) is 0 Å². The lowest BCUT2D eigenvalue weighted by atomic mass is 9.89. The summed E-state index contributed by atoms with van der Waals surface area (Å²) < 4.78 is 6.17. The van der Waals surface area contributed by atoms with E-state index in [0.717, 1.165) is 42.5 Å². The minimum absolute atomic E-state index is 0.00255. The Bertz CT molecular complexity index is 751. The van der Waals surface area contributed by atoms with Crippen molar-refractivity contribution < 1.29 is 9.53 Å². The first-order chi connectivity index (χ1) is 12.1. The van der Waals surface area contributed by atoms with Gasteiger partial charge in [0, 0.05) is 31.3 Å². The molecule has 1 spiro atoms. The molecule has 2 saturated heterocycles. The van der Waals surface area contributed by atoms with Gasteiger partial charge in [0.2, 0.25) is 5.13 Å². The van der Waals surface area contributed by atoms with Crippen molar-refractivity contribution in [1.82, 2.24) is 15.5 Å². The number of anilines is 1. The lowest BCUT2D eigenvalue weighted by molar-refractivity contribution is -0.0720. The Balaban J connectivity index is 1.40. The molecule has 2 aromatic rings. The van der Waals surface area contributed by atoms with Crippen LogP contribution in [-0.4, -0.2) is 47.4 Å². The summed E-state index contributed by atoms with van der Waals surface area (Å²) in [4.78, 5) is 14.7. The van der Waals surface area contributed by atoms with E-state index in [-0.39, 0.29) is 17.6 Å². The monoisotopic (exact) mass is 358 g/mol. The first kappa shape index (κ1) is 16.5. The van der Waals surface area contributed by atoms with Crippen molar-refractivity contribution in [2.75, 3.05) is 24.6 Å². The summed E-state index contributed by atoms with van der Waals surface area (Å²) in [7, 11) is 0. The lowest BCUT2D eigenvalue weighted by Gasteiger charge is -2.38. The fourth-order valence-corrected chi connectivity index (χ4v) is 4.43. The highest BCUT2D eigenvalue weighted by Gasteiger charge is 2.44. The number of rotatable bonds is 3. The molecule has 1 N–H and O–H groups in total. The number of nitrogens with one attached hydrogen (secondary N) is 1. The molecule has 0 saturated carbocycles. The summed E-state index contributed by atoms with van der Waals surface area (Å²) in [5.41, 5.74) is 0.521. The van der Waals surface area contributed by atoms with Crippen molar-refractivity contribution in [3.8, 4) is 0 Å². The smallest absolute Gasteiger partial charge is 0.251 e. The van der Waals surface area contributed by atoms with Gasteiger partial charge in [-0.25, -0.2) is 0 Å². The van der Waals surface area contributed by atoms with E-state index in [9.17, 15) is 4.79 Å². The highest BCUT2D eigenvalue weighted by molar-refractivity contribution is 7.15. The minimum Gasteiger partial charge on any atom is -0.373 e. The number of hydrogen-bond acceptors (Lipinski definition) is 6. The number of amides is 1. The summed E-state index contributed by atoms with van der Waals surface area (Å²) in [5, 5.41) is 13.5. The SMILES string of the molecule is Cc1nnc(N2CC[C@]3(C[C@@H](NC(=O)c4ccccc4)CCO3)C2)s1. The number of aromatic nitrogens is 2. The summed E-state index contributed by atoms with van der Waals surface area (Å²) in [6.07, 6.45) is 2.67. The largest absolute Gasteiger partial charge is 0.373 e. The van der Waals surface area contributed by atoms with E-state index in [0.29, 0.717) is 12.2 Å². The molecule has 0 bridgehead atoms. The van der Waals surface area contributed by atoms with Crippen molar-refractivity contribution >= 4 is 22.4 Å². The van der Waals surface area contributed by atoms with Gasteiger partial charge in [-0.3, -0.25) is 4.79 Å². The van der Waals surface area contributed by atoms with Crippen LogP contribution in [0.15, 0.2) is 30.3 Å². The van der Waals surface area contributed by atoms with Gasteiger partial charge in [-0.2, -0.15) is 0 Å². The zero-order valence-electron chi connectivity index (χ0n) is 14.3. The molecule has 3 heterocycles. The maximum atomic E-state index is 12.4. The summed E-state index contributed by atoms with van der Waals surface area (Å²) >= 11 is 1.62. The highest BCUT2D eigenvalue weighted by Crippen LogP contribution is 2.37. The molecular formula is C18H22N4O2S. The highest BCUT2D eigenvalue weighted by atomic mass is 32.1. The Kier molecular flexibility index (Phi) is 4.43. The molecule has 25 heavy (non-hydrogen) atoms. The van der Waals surface area contributed by atoms with Gasteiger partial charge in [-0.05, 0) is 38.3 Å². The molecule has 132 valence electrons. The number of benzene rings is 1. The first-order valence-electron chi connectivity index (χ1n) is 8.68. The van der Waals surface area contributed by atoms with Crippen LogP contribution in [0.4, 0.5) is 5.13 Å². The average molecular weight is 358 g/mol. The van der Waals surface area contributed by atoms with E-state index in [2.05, 4.69) is 20.4 Å². The van der Waals surface area contributed by atoms with Gasteiger partial charge >= 0.3 is 0 Å². The zero-order valence-corrected chi connectivity index (χ0v) is 15.1. The second kappa shape index (κ2) is 6.72. The van der Waals surface area contributed by atoms with Crippen LogP contribution >= 0.6 is 11.3 Å². The third-order valence-corrected chi connectivity index (χ3v) is 5.87. The van der Waals surface area contributed by atoms with E-state index in [1.54, 1.807) is 11.3 Å². The van der Waals surface area contributed by atoms with E-state index in [1.807, 2.05) is 37.3 Å². The Morgan fingerprint density at radius 1 is 1.36 bits per heavy atom. The van der Waals surface area contributed by atoms with Crippen LogP contribution in [0.3, 0.4) is 0 Å². The molecule has 2 aliphatic rings. The van der Waals surface area contributed by atoms with Crippen LogP contribution in [0.25, 0.3) is 0 Å². The molecule has 7 heteroatoms. The van der Waals surface area contributed by atoms with Crippen LogP contribution in [0.2, 0.25) is 0 Å². The van der Waals surface area contributed by atoms with Gasteiger partial charge in [-0.1, -0.05) is 29.5 Å². The molecule has 4 rings (SSSR count). The van der Waals surface area contributed by atoms with Crippen LogP contribution < -0.4 is 10.2 Å². The molecule has 0 unspecified atom stereocenters. The predicted molar refractivity (Wildman–Crippen MR) is 97.1 cm³/mol. The van der Waals surface area contributed by atoms with Gasteiger partial charge < -0.3 is 15.0 Å². The molecule has 1 aromatic carbocycles. The Morgan fingerprint density at radius 2 is 2.20 bits per heavy atom. The van der Waals surface area contributed by atoms with Crippen molar-refractivity contribution in [2.24, 2.45) is 0 Å². The molecule has 1 amide bonds. The van der Waals surface area contributed by atoms with Crippen LogP contribution in [0.5, 0.6) is 0 Å². The average Bonchev–Trinajstić information content (AvgIpc) is 3.22. The molecule has 0 aliphatic carbocycles. The maximum absolute atomic E-state index is 12.4. The Hall–Kier alpha value is -1.99. The standard InChI is InChI=1S/C18H22N4O2S/c1-13-20-21-17(25-13)22-9-8-18(12-22)11-15(7-10-24-18)19-16(23)14-5-3-2-4-6-14/h2-6,15H,7-12H2,1H3,(H,19,23)/t15-,18-/m0/s1. The molecule has 6 nitrogen and oxygen atoms in total. The number of aryl methyl sites for hydroxylation is 1. The van der Waals surface area contributed by atoms with Crippen molar-refractivity contribution in [3.05, 3.63) is 40.9 Å². The van der Waals surface area contributed by atoms with Crippen LogP contribution in [0.1, 0.15) is 34.6 Å². The van der Waals surface area contributed by atoms with E-state index < -0.39 is 0 Å². The molecule has 2 aliphatic heterocycles. The van der Waals surface area contributed by atoms with Crippen LogP contribution in [-0.2, 0) is 4.74 Å². The van der Waals surface area contributed by atoms with Gasteiger partial charge in [0.25, 0.3) is 5.91 Å². The van der Waals surface area contributed by atoms with E-state index >= 15 is 0 Å². The minimum atomic E-state index is -0.188. The molecule has 2 fully saturated rings. The summed E-state index contributed by atoms with van der Waals surface area (Å²) in [6.45, 7) is 4.40. The van der Waals surface area contributed by atoms with E-state index in [1.165, 1.54) is 0 Å². The quantitative estimate of drug-likeness (QED) is 0.913. The summed E-state index contributed by atoms with van der Waals surface area (Å²) in [5.74, 6) is -0.00255.